The summed E-state index contributed by atoms with van der Waals surface area (Å²) < 4.78 is 0. The van der Waals surface area contributed by atoms with Crippen LogP contribution in [0.2, 0.25) is 0 Å². The lowest BCUT2D eigenvalue weighted by Crippen LogP contribution is -2.45. The van der Waals surface area contributed by atoms with Crippen LogP contribution in [0.25, 0.3) is 0 Å². The van der Waals surface area contributed by atoms with Gasteiger partial charge in [0.15, 0.2) is 0 Å². The molecule has 0 bridgehead atoms. The largest absolute Gasteiger partial charge is 0.394 e. The van der Waals surface area contributed by atoms with E-state index in [2.05, 4.69) is 16.8 Å². The van der Waals surface area contributed by atoms with Gasteiger partial charge in [-0.05, 0) is 13.5 Å². The summed E-state index contributed by atoms with van der Waals surface area (Å²) in [6.45, 7) is 5.15. The highest BCUT2D eigenvalue weighted by Gasteiger charge is 2.14. The van der Waals surface area contributed by atoms with Crippen LogP contribution in [0.1, 0.15) is 6.42 Å². The molecular weight excluding hydrogens is 168 g/mol. The molecule has 0 aromatic rings. The number of aliphatic hydroxyl groups is 2. The normalized spacial score (nSPS) is 23.3. The summed E-state index contributed by atoms with van der Waals surface area (Å²) in [6.07, 6.45) is 0.139. The Kier molecular flexibility index (Phi) is 4.66. The second-order valence-corrected chi connectivity index (χ2v) is 3.77. The Morgan fingerprint density at radius 3 is 2.38 bits per heavy atom. The van der Waals surface area contributed by atoms with Gasteiger partial charge in [0, 0.05) is 32.7 Å². The second-order valence-electron chi connectivity index (χ2n) is 3.77. The smallest absolute Gasteiger partial charge is 0.0783 e. The van der Waals surface area contributed by atoms with Crippen molar-refractivity contribution in [1.82, 2.24) is 9.80 Å². The van der Waals surface area contributed by atoms with Crippen LogP contribution in [-0.4, -0.2) is 72.5 Å². The van der Waals surface area contributed by atoms with Crippen LogP contribution in [0.5, 0.6) is 0 Å². The van der Waals surface area contributed by atoms with E-state index in [4.69, 9.17) is 10.2 Å². The third-order valence-corrected chi connectivity index (χ3v) is 2.59. The minimum absolute atomic E-state index is 0.117. The molecule has 0 amide bonds. The average molecular weight is 188 g/mol. The van der Waals surface area contributed by atoms with Crippen LogP contribution >= 0.6 is 0 Å². The summed E-state index contributed by atoms with van der Waals surface area (Å²) in [5.74, 6) is 0. The quantitative estimate of drug-likeness (QED) is 0.593. The third-order valence-electron chi connectivity index (χ3n) is 2.59. The van der Waals surface area contributed by atoms with Gasteiger partial charge in [-0.25, -0.2) is 0 Å². The van der Waals surface area contributed by atoms with E-state index in [1.54, 1.807) is 0 Å². The molecule has 1 heterocycles. The first kappa shape index (κ1) is 10.9. The van der Waals surface area contributed by atoms with Gasteiger partial charge in [0.2, 0.25) is 0 Å². The molecule has 1 rings (SSSR count). The molecule has 2 N–H and O–H groups in total. The number of hydrogen-bond donors (Lipinski definition) is 2. The first-order valence-corrected chi connectivity index (χ1v) is 4.92. The Hall–Kier alpha value is -0.160. The van der Waals surface area contributed by atoms with Crippen LogP contribution in [-0.2, 0) is 0 Å². The van der Waals surface area contributed by atoms with E-state index < -0.39 is 6.10 Å². The van der Waals surface area contributed by atoms with Gasteiger partial charge >= 0.3 is 0 Å². The van der Waals surface area contributed by atoms with Crippen molar-refractivity contribution in [2.45, 2.75) is 12.5 Å². The summed E-state index contributed by atoms with van der Waals surface area (Å²) >= 11 is 0. The molecule has 1 saturated heterocycles. The Morgan fingerprint density at radius 2 is 1.85 bits per heavy atom. The maximum Gasteiger partial charge on any atom is 0.0783 e. The molecule has 1 atom stereocenters. The van der Waals surface area contributed by atoms with Crippen molar-refractivity contribution < 1.29 is 10.2 Å². The van der Waals surface area contributed by atoms with Gasteiger partial charge in [-0.1, -0.05) is 0 Å². The van der Waals surface area contributed by atoms with E-state index in [9.17, 15) is 0 Å². The minimum Gasteiger partial charge on any atom is -0.394 e. The monoisotopic (exact) mass is 188 g/mol. The summed E-state index contributed by atoms with van der Waals surface area (Å²) in [5, 5.41) is 17.8. The van der Waals surface area contributed by atoms with Crippen molar-refractivity contribution >= 4 is 0 Å². The van der Waals surface area contributed by atoms with Crippen molar-refractivity contribution in [3.05, 3.63) is 0 Å². The third kappa shape index (κ3) is 4.04. The van der Waals surface area contributed by atoms with Gasteiger partial charge in [0.05, 0.1) is 12.7 Å². The molecule has 78 valence electrons. The topological polar surface area (TPSA) is 46.9 Å². The molecule has 0 aromatic carbocycles. The molecule has 0 saturated carbocycles. The van der Waals surface area contributed by atoms with Crippen molar-refractivity contribution in [3.63, 3.8) is 0 Å². The fourth-order valence-corrected chi connectivity index (χ4v) is 1.49. The summed E-state index contributed by atoms with van der Waals surface area (Å²) in [6, 6.07) is 0. The van der Waals surface area contributed by atoms with Gasteiger partial charge in [-0.3, -0.25) is 0 Å². The highest BCUT2D eigenvalue weighted by Crippen LogP contribution is 2.01. The maximum absolute atomic E-state index is 9.15. The van der Waals surface area contributed by atoms with E-state index >= 15 is 0 Å². The zero-order valence-corrected chi connectivity index (χ0v) is 8.32. The predicted octanol–water partition coefficient (Wildman–Crippen LogP) is -1.02. The van der Waals surface area contributed by atoms with Crippen molar-refractivity contribution in [2.75, 3.05) is 46.4 Å². The second kappa shape index (κ2) is 5.54. The van der Waals surface area contributed by atoms with Gasteiger partial charge in [-0.2, -0.15) is 0 Å². The Balaban J connectivity index is 2.08. The molecule has 1 fully saturated rings. The van der Waals surface area contributed by atoms with Crippen LogP contribution < -0.4 is 0 Å². The van der Waals surface area contributed by atoms with Gasteiger partial charge in [0.25, 0.3) is 0 Å². The molecule has 1 aliphatic rings. The zero-order chi connectivity index (χ0) is 9.68. The van der Waals surface area contributed by atoms with Gasteiger partial charge < -0.3 is 20.0 Å². The number of nitrogens with zero attached hydrogens (tertiary/aromatic N) is 2. The van der Waals surface area contributed by atoms with E-state index in [0.29, 0.717) is 6.42 Å². The first-order chi connectivity index (χ1) is 6.22. The fourth-order valence-electron chi connectivity index (χ4n) is 1.49. The van der Waals surface area contributed by atoms with E-state index in [1.807, 2.05) is 0 Å². The van der Waals surface area contributed by atoms with E-state index in [-0.39, 0.29) is 6.61 Å². The molecule has 1 unspecified atom stereocenters. The molecule has 4 heteroatoms. The van der Waals surface area contributed by atoms with Crippen LogP contribution in [0, 0.1) is 0 Å². The molecule has 0 radical (unpaired) electrons. The van der Waals surface area contributed by atoms with Crippen LogP contribution in [0.3, 0.4) is 0 Å². The molecule has 13 heavy (non-hydrogen) atoms. The van der Waals surface area contributed by atoms with E-state index in [0.717, 1.165) is 32.7 Å². The molecule has 4 nitrogen and oxygen atoms in total. The first-order valence-electron chi connectivity index (χ1n) is 4.92. The van der Waals surface area contributed by atoms with Crippen molar-refractivity contribution in [3.8, 4) is 0 Å². The van der Waals surface area contributed by atoms with Gasteiger partial charge in [0.1, 0.15) is 0 Å². The summed E-state index contributed by atoms with van der Waals surface area (Å²) in [7, 11) is 2.12. The maximum atomic E-state index is 9.15. The van der Waals surface area contributed by atoms with Crippen LogP contribution in [0.15, 0.2) is 0 Å². The summed E-state index contributed by atoms with van der Waals surface area (Å²) in [4.78, 5) is 4.64. The molecule has 0 spiro atoms. The average Bonchev–Trinajstić information content (AvgIpc) is 2.16. The fraction of sp³-hybridized carbons (Fsp3) is 1.00. The zero-order valence-electron chi connectivity index (χ0n) is 8.32. The number of aliphatic hydroxyl groups excluding tert-OH is 2. The number of rotatable bonds is 4. The van der Waals surface area contributed by atoms with Crippen molar-refractivity contribution in [1.29, 1.82) is 0 Å². The highest BCUT2D eigenvalue weighted by atomic mass is 16.3. The lowest BCUT2D eigenvalue weighted by Gasteiger charge is -2.32. The lowest BCUT2D eigenvalue weighted by molar-refractivity contribution is 0.0689. The number of piperazine rings is 1. The molecule has 0 aliphatic carbocycles. The van der Waals surface area contributed by atoms with Gasteiger partial charge in [-0.15, -0.1) is 0 Å². The van der Waals surface area contributed by atoms with Crippen LogP contribution in [0.4, 0.5) is 0 Å². The predicted molar refractivity (Wildman–Crippen MR) is 51.6 cm³/mol. The minimum atomic E-state index is -0.542. The molecule has 1 aliphatic heterocycles. The molecule has 0 aromatic heterocycles. The Morgan fingerprint density at radius 1 is 1.23 bits per heavy atom. The number of hydrogen-bond acceptors (Lipinski definition) is 4. The highest BCUT2D eigenvalue weighted by molar-refractivity contribution is 4.70. The lowest BCUT2D eigenvalue weighted by atomic mass is 10.2. The van der Waals surface area contributed by atoms with E-state index in [1.165, 1.54) is 0 Å². The standard InChI is InChI=1S/C9H20N2O2/c1-10-4-6-11(7-5-10)3-2-9(13)8-12/h9,12-13H,2-8H2,1H3. The summed E-state index contributed by atoms with van der Waals surface area (Å²) in [5.41, 5.74) is 0. The Labute approximate surface area is 79.8 Å². The van der Waals surface area contributed by atoms with Crippen molar-refractivity contribution in [2.24, 2.45) is 0 Å². The Bertz CT molecular complexity index is 136. The SMILES string of the molecule is CN1CCN(CCC(O)CO)CC1. The molecular formula is C9H20N2O2. The number of likely N-dealkylation sites (N-methyl/N-ethyl adjacent to an activating group) is 1.